The van der Waals surface area contributed by atoms with Crippen LogP contribution in [0.15, 0.2) is 29.1 Å². The Morgan fingerprint density at radius 1 is 1.38 bits per heavy atom. The molecule has 0 unspecified atom stereocenters. The zero-order valence-electron chi connectivity index (χ0n) is 15.7. The molecule has 1 aliphatic rings. The molecule has 0 spiro atoms. The smallest absolute Gasteiger partial charge is 0.276 e. The minimum absolute atomic E-state index is 0.113. The van der Waals surface area contributed by atoms with Crippen molar-refractivity contribution in [3.63, 3.8) is 0 Å². The van der Waals surface area contributed by atoms with Gasteiger partial charge in [-0.25, -0.2) is 0 Å². The summed E-state index contributed by atoms with van der Waals surface area (Å²) in [6.07, 6.45) is 1.43. The molecule has 1 aromatic carbocycles. The van der Waals surface area contributed by atoms with E-state index in [1.807, 2.05) is 6.07 Å². The predicted octanol–water partition coefficient (Wildman–Crippen LogP) is 0.200. The number of rotatable bonds is 4. The Morgan fingerprint density at radius 2 is 2.07 bits per heavy atom. The number of benzene rings is 1. The van der Waals surface area contributed by atoms with Gasteiger partial charge in [0.05, 0.1) is 28.2 Å². The minimum Gasteiger partial charge on any atom is -0.378 e. The molecule has 1 aromatic heterocycles. The number of ether oxygens (including phenoxy) is 1. The van der Waals surface area contributed by atoms with Crippen molar-refractivity contribution >= 4 is 34.6 Å². The van der Waals surface area contributed by atoms with Crippen LogP contribution in [-0.4, -0.2) is 46.6 Å². The van der Waals surface area contributed by atoms with Crippen LogP contribution in [0, 0.1) is 21.4 Å². The van der Waals surface area contributed by atoms with Crippen molar-refractivity contribution in [3.8, 4) is 6.07 Å². The Kier molecular flexibility index (Phi) is 6.21. The minimum atomic E-state index is -0.520. The summed E-state index contributed by atoms with van der Waals surface area (Å²) in [6, 6.07) is 8.02. The van der Waals surface area contributed by atoms with E-state index in [2.05, 4.69) is 0 Å². The number of carbonyl (C=O) groups excluding carboxylic acids is 1. The maximum atomic E-state index is 12.8. The van der Waals surface area contributed by atoms with E-state index in [0.29, 0.717) is 26.3 Å². The number of hydrogen-bond acceptors (Lipinski definition) is 7. The van der Waals surface area contributed by atoms with Gasteiger partial charge in [-0.15, -0.1) is 11.3 Å². The Bertz CT molecular complexity index is 1170. The number of nitriles is 1. The van der Waals surface area contributed by atoms with Crippen LogP contribution in [0.5, 0.6) is 0 Å². The molecule has 0 N–H and O–H groups in total. The van der Waals surface area contributed by atoms with Crippen molar-refractivity contribution < 1.29 is 14.5 Å². The number of morpholine rings is 1. The summed E-state index contributed by atoms with van der Waals surface area (Å²) < 4.78 is 7.06. The maximum absolute atomic E-state index is 12.8. The summed E-state index contributed by atoms with van der Waals surface area (Å²) in [5.41, 5.74) is -0.353. The molecular weight excluding hydrogens is 396 g/mol. The Hall–Kier alpha value is -3.29. The third-order valence-electron chi connectivity index (χ3n) is 4.48. The Labute approximate surface area is 169 Å². The molecule has 2 heterocycles. The quantitative estimate of drug-likeness (QED) is 0.521. The molecule has 3 rings (SSSR count). The van der Waals surface area contributed by atoms with Gasteiger partial charge in [0, 0.05) is 25.7 Å². The number of hydrogen-bond donors (Lipinski definition) is 0. The van der Waals surface area contributed by atoms with E-state index in [1.54, 1.807) is 25.1 Å². The second kappa shape index (κ2) is 8.81. The number of aromatic nitrogens is 1. The molecule has 0 atom stereocenters. The van der Waals surface area contributed by atoms with Gasteiger partial charge in [-0.3, -0.25) is 24.3 Å². The van der Waals surface area contributed by atoms with Crippen molar-refractivity contribution in [3.05, 3.63) is 59.5 Å². The van der Waals surface area contributed by atoms with Gasteiger partial charge in [0.2, 0.25) is 0 Å². The summed E-state index contributed by atoms with van der Waals surface area (Å²) in [5.74, 6) is -0.448. The fourth-order valence-corrected chi connectivity index (χ4v) is 4.17. The highest BCUT2D eigenvalue weighted by molar-refractivity contribution is 7.07. The van der Waals surface area contributed by atoms with Gasteiger partial charge in [-0.1, -0.05) is 12.1 Å². The summed E-state index contributed by atoms with van der Waals surface area (Å²) in [7, 11) is 0. The molecule has 1 fully saturated rings. The number of para-hydroxylation sites is 1. The molecule has 150 valence electrons. The van der Waals surface area contributed by atoms with Crippen LogP contribution < -0.4 is 14.8 Å². The topological polar surface area (TPSA) is 118 Å². The van der Waals surface area contributed by atoms with Gasteiger partial charge in [-0.05, 0) is 19.1 Å². The monoisotopic (exact) mass is 414 g/mol. The standard InChI is InChI=1S/C19H18N4O5S/c1-2-22-18(25)16(11-13-5-3-4-6-15(13)23(26)27)29-19(22)14(12-20)17(24)21-7-9-28-10-8-21/h3-6,11H,2,7-10H2,1H3/b16-11+,19-14-. The van der Waals surface area contributed by atoms with Gasteiger partial charge >= 0.3 is 0 Å². The Morgan fingerprint density at radius 3 is 2.69 bits per heavy atom. The van der Waals surface area contributed by atoms with E-state index < -0.39 is 16.4 Å². The molecule has 0 bridgehead atoms. The van der Waals surface area contributed by atoms with E-state index in [4.69, 9.17) is 4.74 Å². The van der Waals surface area contributed by atoms with Crippen molar-refractivity contribution in [1.29, 1.82) is 5.26 Å². The van der Waals surface area contributed by atoms with E-state index in [9.17, 15) is 25.0 Å². The molecule has 0 aliphatic carbocycles. The zero-order valence-corrected chi connectivity index (χ0v) is 16.5. The molecule has 0 saturated carbocycles. The number of nitro groups is 1. The van der Waals surface area contributed by atoms with Crippen LogP contribution in [0.1, 0.15) is 12.5 Å². The van der Waals surface area contributed by atoms with Crippen LogP contribution in [-0.2, 0) is 16.1 Å². The van der Waals surface area contributed by atoms with Gasteiger partial charge in [0.1, 0.15) is 10.7 Å². The highest BCUT2D eigenvalue weighted by atomic mass is 32.1. The van der Waals surface area contributed by atoms with Crippen molar-refractivity contribution in [2.75, 3.05) is 26.3 Å². The summed E-state index contributed by atoms with van der Waals surface area (Å²) in [5, 5.41) is 20.9. The number of thiazole rings is 1. The van der Waals surface area contributed by atoms with E-state index in [1.165, 1.54) is 21.6 Å². The normalized spacial score (nSPS) is 15.7. The van der Waals surface area contributed by atoms with Crippen LogP contribution in [0.2, 0.25) is 0 Å². The summed E-state index contributed by atoms with van der Waals surface area (Å²) >= 11 is 0.985. The van der Waals surface area contributed by atoms with Crippen LogP contribution in [0.4, 0.5) is 5.69 Å². The lowest BCUT2D eigenvalue weighted by Crippen LogP contribution is -2.42. The molecule has 9 nitrogen and oxygen atoms in total. The number of carbonyl (C=O) groups is 1. The van der Waals surface area contributed by atoms with Gasteiger partial charge in [0.15, 0.2) is 5.57 Å². The van der Waals surface area contributed by atoms with Crippen molar-refractivity contribution in [2.24, 2.45) is 0 Å². The molecule has 29 heavy (non-hydrogen) atoms. The molecule has 2 aromatic rings. The van der Waals surface area contributed by atoms with Crippen LogP contribution >= 0.6 is 11.3 Å². The highest BCUT2D eigenvalue weighted by Crippen LogP contribution is 2.17. The van der Waals surface area contributed by atoms with E-state index in [0.717, 1.165) is 11.3 Å². The first kappa shape index (κ1) is 20.4. The summed E-state index contributed by atoms with van der Waals surface area (Å²) in [4.78, 5) is 37.9. The Balaban J connectivity index is 2.21. The van der Waals surface area contributed by atoms with Gasteiger partial charge in [0.25, 0.3) is 17.2 Å². The van der Waals surface area contributed by atoms with E-state index in [-0.39, 0.29) is 32.6 Å². The second-order valence-electron chi connectivity index (χ2n) is 6.17. The third-order valence-corrected chi connectivity index (χ3v) is 5.61. The first-order valence-electron chi connectivity index (χ1n) is 8.94. The zero-order chi connectivity index (χ0) is 21.0. The average Bonchev–Trinajstić information content (AvgIpc) is 3.04. The molecule has 1 aliphatic heterocycles. The highest BCUT2D eigenvalue weighted by Gasteiger charge is 2.23. The van der Waals surface area contributed by atoms with E-state index >= 15 is 0 Å². The SMILES string of the molecule is CCn1c(=O)/c(=C\c2ccccc2[N+](=O)[O-])s/c1=C(/C#N)C(=O)N1CCOCC1. The third kappa shape index (κ3) is 4.11. The van der Waals surface area contributed by atoms with Crippen LogP contribution in [0.25, 0.3) is 11.6 Å². The first-order valence-corrected chi connectivity index (χ1v) is 9.75. The fraction of sp³-hybridized carbons (Fsp3) is 0.316. The second-order valence-corrected chi connectivity index (χ2v) is 7.20. The predicted molar refractivity (Wildman–Crippen MR) is 107 cm³/mol. The van der Waals surface area contributed by atoms with Gasteiger partial charge < -0.3 is 9.64 Å². The van der Waals surface area contributed by atoms with Crippen molar-refractivity contribution in [1.82, 2.24) is 9.47 Å². The summed E-state index contributed by atoms with van der Waals surface area (Å²) in [6.45, 7) is 3.54. The lowest BCUT2D eigenvalue weighted by Gasteiger charge is -2.26. The maximum Gasteiger partial charge on any atom is 0.276 e. The number of nitro benzene ring substituents is 1. The van der Waals surface area contributed by atoms with Gasteiger partial charge in [-0.2, -0.15) is 5.26 Å². The molecule has 0 radical (unpaired) electrons. The first-order chi connectivity index (χ1) is 14.0. The number of amides is 1. The average molecular weight is 414 g/mol. The lowest BCUT2D eigenvalue weighted by molar-refractivity contribution is -0.385. The van der Waals surface area contributed by atoms with Crippen molar-refractivity contribution in [2.45, 2.75) is 13.5 Å². The molecule has 1 saturated heterocycles. The van der Waals surface area contributed by atoms with Crippen LogP contribution in [0.3, 0.4) is 0 Å². The molecular formula is C19H18N4O5S. The largest absolute Gasteiger partial charge is 0.378 e. The fourth-order valence-electron chi connectivity index (χ4n) is 3.02. The number of nitrogens with zero attached hydrogens (tertiary/aromatic N) is 4. The molecule has 10 heteroatoms. The molecule has 1 amide bonds. The lowest BCUT2D eigenvalue weighted by atomic mass is 10.2.